The fourth-order valence-electron chi connectivity index (χ4n) is 2.60. The van der Waals surface area contributed by atoms with Gasteiger partial charge in [-0.25, -0.2) is 4.98 Å². The summed E-state index contributed by atoms with van der Waals surface area (Å²) < 4.78 is 7.35. The van der Waals surface area contributed by atoms with Gasteiger partial charge in [0.05, 0.1) is 18.5 Å². The molecule has 3 aromatic rings. The van der Waals surface area contributed by atoms with Gasteiger partial charge in [-0.3, -0.25) is 0 Å². The first-order valence-electron chi connectivity index (χ1n) is 7.96. The van der Waals surface area contributed by atoms with Gasteiger partial charge in [-0.15, -0.1) is 0 Å². The van der Waals surface area contributed by atoms with Gasteiger partial charge in [0.25, 0.3) is 0 Å². The van der Waals surface area contributed by atoms with Crippen LogP contribution in [-0.2, 0) is 17.8 Å². The lowest BCUT2D eigenvalue weighted by Gasteiger charge is -2.13. The number of aromatic nitrogens is 2. The topological polar surface area (TPSA) is 39.1 Å². The first kappa shape index (κ1) is 17.8. The minimum Gasteiger partial charge on any atom is -0.383 e. The number of nitrogens with zero attached hydrogens (tertiary/aromatic N) is 2. The highest BCUT2D eigenvalue weighted by Crippen LogP contribution is 2.25. The molecule has 0 aliphatic carbocycles. The van der Waals surface area contributed by atoms with E-state index in [9.17, 15) is 0 Å². The highest BCUT2D eigenvalue weighted by atomic mass is 35.5. The van der Waals surface area contributed by atoms with Gasteiger partial charge in [-0.1, -0.05) is 47.5 Å². The second kappa shape index (κ2) is 8.39. The normalized spacial score (nSPS) is 10.8. The van der Waals surface area contributed by atoms with Crippen molar-refractivity contribution in [2.75, 3.05) is 19.0 Å². The molecule has 4 nitrogen and oxygen atoms in total. The van der Waals surface area contributed by atoms with Crippen molar-refractivity contribution in [3.8, 4) is 11.3 Å². The molecule has 0 aliphatic rings. The third-order valence-electron chi connectivity index (χ3n) is 3.85. The molecule has 1 heterocycles. The summed E-state index contributed by atoms with van der Waals surface area (Å²) in [4.78, 5) is 4.54. The van der Waals surface area contributed by atoms with E-state index in [2.05, 4.69) is 14.9 Å². The van der Waals surface area contributed by atoms with Crippen molar-refractivity contribution in [3.05, 3.63) is 70.3 Å². The molecule has 25 heavy (non-hydrogen) atoms. The van der Waals surface area contributed by atoms with Crippen LogP contribution in [0.3, 0.4) is 0 Å². The fourth-order valence-corrected chi connectivity index (χ4v) is 2.94. The molecule has 0 spiro atoms. The highest BCUT2D eigenvalue weighted by molar-refractivity contribution is 6.30. The van der Waals surface area contributed by atoms with Crippen LogP contribution in [-0.4, -0.2) is 23.3 Å². The molecule has 0 bridgehead atoms. The molecule has 1 aromatic heterocycles. The molecule has 0 aliphatic heterocycles. The number of methoxy groups -OCH3 is 1. The predicted molar refractivity (Wildman–Crippen MR) is 103 cm³/mol. The standard InChI is InChI=1S/C19H19Cl2N3O/c1-25-10-9-24-18(15-5-7-16(20)8-6-15)13-23-19(24)22-12-14-3-2-4-17(21)11-14/h2-8,11,13H,9-10,12H2,1H3,(H,22,23). The van der Waals surface area contributed by atoms with Crippen molar-refractivity contribution in [2.24, 2.45) is 0 Å². The number of ether oxygens (including phenoxy) is 1. The van der Waals surface area contributed by atoms with Crippen molar-refractivity contribution in [1.82, 2.24) is 9.55 Å². The molecule has 0 saturated carbocycles. The smallest absolute Gasteiger partial charge is 0.203 e. The van der Waals surface area contributed by atoms with Crippen molar-refractivity contribution in [2.45, 2.75) is 13.1 Å². The number of anilines is 1. The second-order valence-corrected chi connectivity index (χ2v) is 6.47. The second-order valence-electron chi connectivity index (χ2n) is 5.60. The Hall–Kier alpha value is -2.01. The van der Waals surface area contributed by atoms with Crippen LogP contribution in [0.2, 0.25) is 10.0 Å². The van der Waals surface area contributed by atoms with Gasteiger partial charge in [0.1, 0.15) is 0 Å². The first-order valence-corrected chi connectivity index (χ1v) is 8.71. The van der Waals surface area contributed by atoms with Crippen LogP contribution in [0.5, 0.6) is 0 Å². The zero-order valence-electron chi connectivity index (χ0n) is 13.9. The molecule has 0 fully saturated rings. The van der Waals surface area contributed by atoms with Crippen molar-refractivity contribution in [1.29, 1.82) is 0 Å². The summed E-state index contributed by atoms with van der Waals surface area (Å²) in [7, 11) is 1.69. The Kier molecular flexibility index (Phi) is 5.97. The van der Waals surface area contributed by atoms with Gasteiger partial charge in [0, 0.05) is 30.2 Å². The van der Waals surface area contributed by atoms with Crippen LogP contribution >= 0.6 is 23.2 Å². The summed E-state index contributed by atoms with van der Waals surface area (Å²) >= 11 is 12.0. The average molecular weight is 376 g/mol. The van der Waals surface area contributed by atoms with E-state index in [1.54, 1.807) is 7.11 Å². The molecule has 0 radical (unpaired) electrons. The largest absolute Gasteiger partial charge is 0.383 e. The van der Waals surface area contributed by atoms with Gasteiger partial charge in [0.2, 0.25) is 5.95 Å². The third-order valence-corrected chi connectivity index (χ3v) is 4.34. The lowest BCUT2D eigenvalue weighted by Crippen LogP contribution is -2.11. The molecule has 3 rings (SSSR count). The average Bonchev–Trinajstić information content (AvgIpc) is 3.01. The molecule has 2 aromatic carbocycles. The first-order chi connectivity index (χ1) is 12.2. The SMILES string of the molecule is COCCn1c(-c2ccc(Cl)cc2)cnc1NCc1cccc(Cl)c1. The minimum atomic E-state index is 0.600. The van der Waals surface area contributed by atoms with E-state index in [1.165, 1.54) is 0 Å². The number of imidazole rings is 1. The van der Waals surface area contributed by atoms with Crippen LogP contribution in [0.4, 0.5) is 5.95 Å². The van der Waals surface area contributed by atoms with E-state index in [4.69, 9.17) is 27.9 Å². The number of hydrogen-bond donors (Lipinski definition) is 1. The number of benzene rings is 2. The Morgan fingerprint density at radius 3 is 2.60 bits per heavy atom. The fraction of sp³-hybridized carbons (Fsp3) is 0.211. The Balaban J connectivity index is 1.84. The van der Waals surface area contributed by atoms with E-state index in [1.807, 2.05) is 54.7 Å². The summed E-state index contributed by atoms with van der Waals surface area (Å²) in [6.07, 6.45) is 1.86. The Bertz CT molecular complexity index is 831. The highest BCUT2D eigenvalue weighted by Gasteiger charge is 2.11. The van der Waals surface area contributed by atoms with E-state index in [-0.39, 0.29) is 0 Å². The Labute approximate surface area is 157 Å². The van der Waals surface area contributed by atoms with Gasteiger partial charge in [-0.05, 0) is 35.4 Å². The Morgan fingerprint density at radius 1 is 1.08 bits per heavy atom. The van der Waals surface area contributed by atoms with Gasteiger partial charge >= 0.3 is 0 Å². The van der Waals surface area contributed by atoms with E-state index in [0.717, 1.165) is 27.8 Å². The zero-order valence-corrected chi connectivity index (χ0v) is 15.4. The number of nitrogens with one attached hydrogen (secondary N) is 1. The van der Waals surface area contributed by atoms with E-state index in [0.29, 0.717) is 24.7 Å². The maximum Gasteiger partial charge on any atom is 0.203 e. The lowest BCUT2D eigenvalue weighted by atomic mass is 10.2. The summed E-state index contributed by atoms with van der Waals surface area (Å²) in [6, 6.07) is 15.5. The maximum atomic E-state index is 6.05. The minimum absolute atomic E-state index is 0.600. The molecule has 1 N–H and O–H groups in total. The maximum absolute atomic E-state index is 6.05. The van der Waals surface area contributed by atoms with Crippen LogP contribution in [0.15, 0.2) is 54.7 Å². The quantitative estimate of drug-likeness (QED) is 0.623. The molecule has 0 amide bonds. The summed E-state index contributed by atoms with van der Waals surface area (Å²) in [5.74, 6) is 0.793. The predicted octanol–water partition coefficient (Wildman–Crippen LogP) is 5.12. The van der Waals surface area contributed by atoms with Crippen molar-refractivity contribution in [3.63, 3.8) is 0 Å². The van der Waals surface area contributed by atoms with Crippen LogP contribution < -0.4 is 5.32 Å². The molecular formula is C19H19Cl2N3O. The lowest BCUT2D eigenvalue weighted by molar-refractivity contribution is 0.188. The summed E-state index contributed by atoms with van der Waals surface area (Å²) in [5, 5.41) is 4.82. The monoisotopic (exact) mass is 375 g/mol. The number of hydrogen-bond acceptors (Lipinski definition) is 3. The van der Waals surface area contributed by atoms with Gasteiger partial charge in [0.15, 0.2) is 0 Å². The number of halogens is 2. The molecule has 0 atom stereocenters. The van der Waals surface area contributed by atoms with Crippen LogP contribution in [0.1, 0.15) is 5.56 Å². The molecular weight excluding hydrogens is 357 g/mol. The molecule has 0 saturated heterocycles. The molecule has 130 valence electrons. The van der Waals surface area contributed by atoms with Crippen molar-refractivity contribution < 1.29 is 4.74 Å². The van der Waals surface area contributed by atoms with Gasteiger partial charge in [-0.2, -0.15) is 0 Å². The van der Waals surface area contributed by atoms with Crippen LogP contribution in [0, 0.1) is 0 Å². The number of rotatable bonds is 7. The third kappa shape index (κ3) is 4.54. The summed E-state index contributed by atoms with van der Waals surface area (Å²) in [6.45, 7) is 1.94. The van der Waals surface area contributed by atoms with Gasteiger partial charge < -0.3 is 14.6 Å². The summed E-state index contributed by atoms with van der Waals surface area (Å²) in [5.41, 5.74) is 3.17. The van der Waals surface area contributed by atoms with E-state index >= 15 is 0 Å². The molecule has 0 unspecified atom stereocenters. The van der Waals surface area contributed by atoms with Crippen LogP contribution in [0.25, 0.3) is 11.3 Å². The van der Waals surface area contributed by atoms with Crippen molar-refractivity contribution >= 4 is 29.2 Å². The zero-order chi connectivity index (χ0) is 17.6. The van der Waals surface area contributed by atoms with E-state index < -0.39 is 0 Å². The molecule has 6 heteroatoms. The Morgan fingerprint density at radius 2 is 1.88 bits per heavy atom.